The van der Waals surface area contributed by atoms with Crippen LogP contribution in [0.4, 0.5) is 0 Å². The highest BCUT2D eigenvalue weighted by Gasteiger charge is 2.27. The van der Waals surface area contributed by atoms with Gasteiger partial charge in [-0.25, -0.2) is 0 Å². The topological polar surface area (TPSA) is 12.0 Å². The summed E-state index contributed by atoms with van der Waals surface area (Å²) in [6.45, 7) is 6.89. The monoisotopic (exact) mass is 299 g/mol. The highest BCUT2D eigenvalue weighted by atomic mass is 35.5. The number of hydrogen-bond donors (Lipinski definition) is 1. The van der Waals surface area contributed by atoms with Crippen LogP contribution >= 0.6 is 23.2 Å². The Labute approximate surface area is 126 Å². The van der Waals surface area contributed by atoms with Crippen molar-refractivity contribution in [3.63, 3.8) is 0 Å². The SMILES string of the molecule is CC(NC1CCC(C)(C)CC1)c1cc(Cl)ccc1Cl. The molecular weight excluding hydrogens is 277 g/mol. The first-order valence-corrected chi connectivity index (χ1v) is 7.84. The van der Waals surface area contributed by atoms with Gasteiger partial charge in [0.25, 0.3) is 0 Å². The summed E-state index contributed by atoms with van der Waals surface area (Å²) in [6, 6.07) is 6.52. The van der Waals surface area contributed by atoms with Crippen molar-refractivity contribution >= 4 is 23.2 Å². The molecule has 1 aromatic carbocycles. The van der Waals surface area contributed by atoms with Gasteiger partial charge in [-0.15, -0.1) is 0 Å². The predicted octanol–water partition coefficient (Wildman–Crippen LogP) is 5.61. The molecule has 1 aliphatic carbocycles. The van der Waals surface area contributed by atoms with Crippen molar-refractivity contribution in [1.29, 1.82) is 0 Å². The zero-order valence-corrected chi connectivity index (χ0v) is 13.5. The summed E-state index contributed by atoms with van der Waals surface area (Å²) >= 11 is 12.3. The highest BCUT2D eigenvalue weighted by molar-refractivity contribution is 6.33. The lowest BCUT2D eigenvalue weighted by atomic mass is 9.75. The minimum atomic E-state index is 0.248. The molecule has 0 amide bonds. The van der Waals surface area contributed by atoms with E-state index in [9.17, 15) is 0 Å². The molecule has 106 valence electrons. The van der Waals surface area contributed by atoms with Gasteiger partial charge in [-0.2, -0.15) is 0 Å². The highest BCUT2D eigenvalue weighted by Crippen LogP contribution is 2.36. The third-order valence-corrected chi connectivity index (χ3v) is 4.83. The largest absolute Gasteiger partial charge is 0.307 e. The first-order chi connectivity index (χ1) is 8.87. The zero-order valence-electron chi connectivity index (χ0n) is 12.0. The van der Waals surface area contributed by atoms with E-state index in [2.05, 4.69) is 26.1 Å². The minimum absolute atomic E-state index is 0.248. The van der Waals surface area contributed by atoms with Gasteiger partial charge in [-0.1, -0.05) is 37.0 Å². The average molecular weight is 300 g/mol. The number of hydrogen-bond acceptors (Lipinski definition) is 1. The lowest BCUT2D eigenvalue weighted by molar-refractivity contribution is 0.200. The second kappa shape index (κ2) is 6.03. The van der Waals surface area contributed by atoms with Gasteiger partial charge in [-0.3, -0.25) is 0 Å². The molecule has 1 fully saturated rings. The minimum Gasteiger partial charge on any atom is -0.307 e. The third kappa shape index (κ3) is 4.11. The lowest BCUT2D eigenvalue weighted by Gasteiger charge is -2.36. The zero-order chi connectivity index (χ0) is 14.0. The standard InChI is InChI=1S/C16H23Cl2N/c1-11(14-10-12(17)4-5-15(14)18)19-13-6-8-16(2,3)9-7-13/h4-5,10-11,13,19H,6-9H2,1-3H3. The first kappa shape index (κ1) is 15.2. The van der Waals surface area contributed by atoms with Crippen molar-refractivity contribution in [2.24, 2.45) is 5.41 Å². The van der Waals surface area contributed by atoms with Crippen LogP contribution in [0.5, 0.6) is 0 Å². The molecule has 1 aliphatic rings. The summed E-state index contributed by atoms with van der Waals surface area (Å²) in [5.41, 5.74) is 1.61. The summed E-state index contributed by atoms with van der Waals surface area (Å²) in [5, 5.41) is 5.24. The van der Waals surface area contributed by atoms with E-state index in [-0.39, 0.29) is 6.04 Å². The second-order valence-corrected chi connectivity index (χ2v) is 7.34. The van der Waals surface area contributed by atoms with E-state index in [1.165, 1.54) is 25.7 Å². The molecule has 1 aromatic rings. The molecule has 0 aliphatic heterocycles. The van der Waals surface area contributed by atoms with Gasteiger partial charge in [0, 0.05) is 22.1 Å². The summed E-state index contributed by atoms with van der Waals surface area (Å²) in [7, 11) is 0. The van der Waals surface area contributed by atoms with Crippen molar-refractivity contribution in [3.05, 3.63) is 33.8 Å². The normalized spacial score (nSPS) is 21.3. The third-order valence-electron chi connectivity index (χ3n) is 4.25. The molecule has 1 atom stereocenters. The van der Waals surface area contributed by atoms with Crippen LogP contribution in [0.15, 0.2) is 18.2 Å². The number of rotatable bonds is 3. The van der Waals surface area contributed by atoms with Crippen molar-refractivity contribution in [2.45, 2.75) is 58.5 Å². The van der Waals surface area contributed by atoms with Gasteiger partial charge in [0.2, 0.25) is 0 Å². The van der Waals surface area contributed by atoms with E-state index in [0.717, 1.165) is 15.6 Å². The van der Waals surface area contributed by atoms with E-state index in [0.29, 0.717) is 11.5 Å². The Morgan fingerprint density at radius 3 is 2.47 bits per heavy atom. The molecule has 3 heteroatoms. The molecule has 0 spiro atoms. The predicted molar refractivity (Wildman–Crippen MR) is 84.0 cm³/mol. The van der Waals surface area contributed by atoms with Crippen LogP contribution in [0.3, 0.4) is 0 Å². The van der Waals surface area contributed by atoms with E-state index in [1.54, 1.807) is 0 Å². The first-order valence-electron chi connectivity index (χ1n) is 7.08. The fraction of sp³-hybridized carbons (Fsp3) is 0.625. The molecule has 2 rings (SSSR count). The van der Waals surface area contributed by atoms with Crippen molar-refractivity contribution in [3.8, 4) is 0 Å². The quantitative estimate of drug-likeness (QED) is 0.764. The maximum Gasteiger partial charge on any atom is 0.0454 e. The average Bonchev–Trinajstić information content (AvgIpc) is 2.35. The van der Waals surface area contributed by atoms with Gasteiger partial charge >= 0.3 is 0 Å². The van der Waals surface area contributed by atoms with E-state index < -0.39 is 0 Å². The summed E-state index contributed by atoms with van der Waals surface area (Å²) in [5.74, 6) is 0. The molecule has 1 saturated carbocycles. The summed E-state index contributed by atoms with van der Waals surface area (Å²) < 4.78 is 0. The molecular formula is C16H23Cl2N. The number of nitrogens with one attached hydrogen (secondary N) is 1. The summed E-state index contributed by atoms with van der Waals surface area (Å²) in [6.07, 6.45) is 5.08. The number of halogens is 2. The van der Waals surface area contributed by atoms with Crippen LogP contribution in [-0.2, 0) is 0 Å². The van der Waals surface area contributed by atoms with E-state index >= 15 is 0 Å². The Bertz CT molecular complexity index is 432. The lowest BCUT2D eigenvalue weighted by Crippen LogP contribution is -2.37. The molecule has 1 N–H and O–H groups in total. The molecule has 1 unspecified atom stereocenters. The van der Waals surface area contributed by atoms with Crippen LogP contribution < -0.4 is 5.32 Å². The van der Waals surface area contributed by atoms with Gasteiger partial charge in [0.05, 0.1) is 0 Å². The second-order valence-electron chi connectivity index (χ2n) is 6.49. The van der Waals surface area contributed by atoms with Gasteiger partial charge < -0.3 is 5.32 Å². The Kier molecular flexibility index (Phi) is 4.81. The number of benzene rings is 1. The Morgan fingerprint density at radius 1 is 1.21 bits per heavy atom. The van der Waals surface area contributed by atoms with Crippen LogP contribution in [0, 0.1) is 5.41 Å². The molecule has 0 saturated heterocycles. The van der Waals surface area contributed by atoms with Gasteiger partial charge in [0.1, 0.15) is 0 Å². The van der Waals surface area contributed by atoms with Crippen LogP contribution in [-0.4, -0.2) is 6.04 Å². The fourth-order valence-electron chi connectivity index (χ4n) is 2.86. The molecule has 0 aromatic heterocycles. The van der Waals surface area contributed by atoms with Crippen LogP contribution in [0.25, 0.3) is 0 Å². The van der Waals surface area contributed by atoms with Crippen molar-refractivity contribution in [1.82, 2.24) is 5.32 Å². The van der Waals surface area contributed by atoms with Crippen molar-refractivity contribution < 1.29 is 0 Å². The molecule has 0 radical (unpaired) electrons. The van der Waals surface area contributed by atoms with Gasteiger partial charge in [-0.05, 0) is 61.8 Å². The van der Waals surface area contributed by atoms with Gasteiger partial charge in [0.15, 0.2) is 0 Å². The van der Waals surface area contributed by atoms with Crippen LogP contribution in [0.2, 0.25) is 10.0 Å². The molecule has 0 heterocycles. The molecule has 0 bridgehead atoms. The maximum absolute atomic E-state index is 6.26. The Hall–Kier alpha value is -0.240. The van der Waals surface area contributed by atoms with Crippen LogP contribution in [0.1, 0.15) is 58.1 Å². The molecule has 19 heavy (non-hydrogen) atoms. The summed E-state index contributed by atoms with van der Waals surface area (Å²) in [4.78, 5) is 0. The smallest absolute Gasteiger partial charge is 0.0454 e. The maximum atomic E-state index is 6.26. The van der Waals surface area contributed by atoms with E-state index in [1.807, 2.05) is 18.2 Å². The molecule has 1 nitrogen and oxygen atoms in total. The Morgan fingerprint density at radius 2 is 1.84 bits per heavy atom. The fourth-order valence-corrected chi connectivity index (χ4v) is 3.32. The van der Waals surface area contributed by atoms with Crippen molar-refractivity contribution in [2.75, 3.05) is 0 Å². The van der Waals surface area contributed by atoms with E-state index in [4.69, 9.17) is 23.2 Å². The Balaban J connectivity index is 1.98.